The quantitative estimate of drug-likeness (QED) is 0.577. The Labute approximate surface area is 165 Å². The van der Waals surface area contributed by atoms with E-state index in [-0.39, 0.29) is 6.04 Å². The van der Waals surface area contributed by atoms with Crippen molar-refractivity contribution < 1.29 is 0 Å². The molecule has 144 valence electrons. The van der Waals surface area contributed by atoms with Crippen molar-refractivity contribution in [1.82, 2.24) is 19.7 Å². The summed E-state index contributed by atoms with van der Waals surface area (Å²) < 4.78 is 2.04. The smallest absolute Gasteiger partial charge is 0.117 e. The fourth-order valence-electron chi connectivity index (χ4n) is 3.89. The third-order valence-electron chi connectivity index (χ3n) is 5.34. The third kappa shape index (κ3) is 3.73. The predicted molar refractivity (Wildman–Crippen MR) is 111 cm³/mol. The molecule has 3 aromatic rings. The molecule has 0 spiro atoms. The van der Waals surface area contributed by atoms with Gasteiger partial charge in [0.2, 0.25) is 0 Å². The maximum absolute atomic E-state index is 11.0. The van der Waals surface area contributed by atoms with Gasteiger partial charge in [0.1, 0.15) is 11.7 Å². The maximum Gasteiger partial charge on any atom is 0.117 e. The molecule has 1 unspecified atom stereocenters. The van der Waals surface area contributed by atoms with Crippen LogP contribution in [0.3, 0.4) is 0 Å². The summed E-state index contributed by atoms with van der Waals surface area (Å²) >= 11 is 0. The van der Waals surface area contributed by atoms with E-state index < -0.39 is 0 Å². The average Bonchev–Trinajstić information content (AvgIpc) is 3.32. The SMILES string of the molecule is CN(C)CCCn1cc(-c2ccc3c(c2)CCC3N=O)c(-c2ccncc2)n1. The van der Waals surface area contributed by atoms with Gasteiger partial charge >= 0.3 is 0 Å². The van der Waals surface area contributed by atoms with Gasteiger partial charge in [0, 0.05) is 36.3 Å². The summed E-state index contributed by atoms with van der Waals surface area (Å²) in [6.45, 7) is 1.90. The van der Waals surface area contributed by atoms with Crippen molar-refractivity contribution in [1.29, 1.82) is 0 Å². The second kappa shape index (κ2) is 8.02. The van der Waals surface area contributed by atoms with E-state index >= 15 is 0 Å². The highest BCUT2D eigenvalue weighted by Gasteiger charge is 2.24. The van der Waals surface area contributed by atoms with Gasteiger partial charge < -0.3 is 4.90 Å². The number of fused-ring (bicyclic) bond motifs is 1. The summed E-state index contributed by atoms with van der Waals surface area (Å²) in [7, 11) is 4.17. The van der Waals surface area contributed by atoms with Gasteiger partial charge in [0.25, 0.3) is 0 Å². The number of pyridine rings is 1. The van der Waals surface area contributed by atoms with Gasteiger partial charge in [-0.15, -0.1) is 0 Å². The number of hydrogen-bond acceptors (Lipinski definition) is 5. The highest BCUT2D eigenvalue weighted by Crippen LogP contribution is 2.38. The molecule has 0 bridgehead atoms. The van der Waals surface area contributed by atoms with Gasteiger partial charge in [-0.2, -0.15) is 10.0 Å². The van der Waals surface area contributed by atoms with Crippen LogP contribution in [0.25, 0.3) is 22.4 Å². The van der Waals surface area contributed by atoms with Gasteiger partial charge in [-0.3, -0.25) is 9.67 Å². The topological polar surface area (TPSA) is 63.4 Å². The third-order valence-corrected chi connectivity index (χ3v) is 5.34. The molecule has 4 rings (SSSR count). The van der Waals surface area contributed by atoms with Crippen LogP contribution in [-0.4, -0.2) is 40.3 Å². The summed E-state index contributed by atoms with van der Waals surface area (Å²) in [6, 6.07) is 10.1. The maximum atomic E-state index is 11.0. The molecule has 0 fully saturated rings. The van der Waals surface area contributed by atoms with Crippen molar-refractivity contribution >= 4 is 0 Å². The first kappa shape index (κ1) is 18.5. The molecule has 28 heavy (non-hydrogen) atoms. The number of benzene rings is 1. The molecule has 2 aromatic heterocycles. The Morgan fingerprint density at radius 3 is 2.75 bits per heavy atom. The molecule has 6 heteroatoms. The fraction of sp³-hybridized carbons (Fsp3) is 0.364. The van der Waals surface area contributed by atoms with Crippen LogP contribution in [0.4, 0.5) is 0 Å². The molecule has 0 N–H and O–H groups in total. The van der Waals surface area contributed by atoms with Crippen molar-refractivity contribution in [2.75, 3.05) is 20.6 Å². The lowest BCUT2D eigenvalue weighted by molar-refractivity contribution is 0.381. The Kier molecular flexibility index (Phi) is 5.30. The van der Waals surface area contributed by atoms with E-state index in [1.807, 2.05) is 16.8 Å². The molecule has 1 atom stereocenters. The number of aromatic nitrogens is 3. The van der Waals surface area contributed by atoms with Crippen LogP contribution < -0.4 is 0 Å². The first-order chi connectivity index (χ1) is 13.7. The highest BCUT2D eigenvalue weighted by atomic mass is 16.3. The first-order valence-electron chi connectivity index (χ1n) is 9.74. The number of nitroso groups, excluding NO2 is 1. The minimum atomic E-state index is -0.197. The molecular formula is C22H25N5O. The number of hydrogen-bond donors (Lipinski definition) is 0. The largest absolute Gasteiger partial charge is 0.309 e. The minimum Gasteiger partial charge on any atom is -0.309 e. The van der Waals surface area contributed by atoms with E-state index in [1.165, 1.54) is 5.56 Å². The van der Waals surface area contributed by atoms with Gasteiger partial charge in [0.15, 0.2) is 0 Å². The van der Waals surface area contributed by atoms with Crippen LogP contribution in [0, 0.1) is 4.91 Å². The second-order valence-electron chi connectivity index (χ2n) is 7.62. The monoisotopic (exact) mass is 375 g/mol. The van der Waals surface area contributed by atoms with E-state index in [1.54, 1.807) is 12.4 Å². The molecule has 6 nitrogen and oxygen atoms in total. The Hall–Kier alpha value is -2.86. The van der Waals surface area contributed by atoms with Gasteiger partial charge in [0.05, 0.1) is 0 Å². The van der Waals surface area contributed by atoms with Crippen molar-refractivity contribution in [2.45, 2.75) is 31.8 Å². The molecule has 0 saturated carbocycles. The molecule has 0 amide bonds. The summed E-state index contributed by atoms with van der Waals surface area (Å²) in [5.41, 5.74) is 6.57. The van der Waals surface area contributed by atoms with Crippen LogP contribution in [0.5, 0.6) is 0 Å². The zero-order valence-corrected chi connectivity index (χ0v) is 16.4. The minimum absolute atomic E-state index is 0.197. The number of rotatable bonds is 7. The fourth-order valence-corrected chi connectivity index (χ4v) is 3.89. The zero-order chi connectivity index (χ0) is 19.5. The van der Waals surface area contributed by atoms with E-state index in [0.29, 0.717) is 0 Å². The summed E-state index contributed by atoms with van der Waals surface area (Å²) in [5.74, 6) is 0. The molecule has 2 heterocycles. The van der Waals surface area contributed by atoms with Crippen molar-refractivity contribution in [3.05, 3.63) is 65.0 Å². The van der Waals surface area contributed by atoms with Crippen molar-refractivity contribution in [3.8, 4) is 22.4 Å². The number of nitrogens with zero attached hydrogens (tertiary/aromatic N) is 5. The molecule has 1 aliphatic carbocycles. The van der Waals surface area contributed by atoms with Crippen LogP contribution in [0.1, 0.15) is 30.0 Å². The Bertz CT molecular complexity index is 964. The van der Waals surface area contributed by atoms with Crippen LogP contribution >= 0.6 is 0 Å². The average molecular weight is 375 g/mol. The molecule has 1 aliphatic rings. The Morgan fingerprint density at radius 1 is 1.18 bits per heavy atom. The zero-order valence-electron chi connectivity index (χ0n) is 16.4. The number of aryl methyl sites for hydroxylation is 2. The van der Waals surface area contributed by atoms with E-state index in [9.17, 15) is 4.91 Å². The summed E-state index contributed by atoms with van der Waals surface area (Å²) in [5, 5.41) is 8.15. The van der Waals surface area contributed by atoms with E-state index in [0.717, 1.165) is 60.3 Å². The van der Waals surface area contributed by atoms with Crippen LogP contribution in [-0.2, 0) is 13.0 Å². The summed E-state index contributed by atoms with van der Waals surface area (Å²) in [6.07, 6.45) is 8.49. The Morgan fingerprint density at radius 2 is 2.00 bits per heavy atom. The van der Waals surface area contributed by atoms with E-state index in [4.69, 9.17) is 5.10 Å². The Balaban J connectivity index is 1.71. The molecule has 0 aliphatic heterocycles. The highest BCUT2D eigenvalue weighted by molar-refractivity contribution is 5.80. The molecular weight excluding hydrogens is 350 g/mol. The lowest BCUT2D eigenvalue weighted by atomic mass is 9.98. The predicted octanol–water partition coefficient (Wildman–Crippen LogP) is 4.32. The second-order valence-corrected chi connectivity index (χ2v) is 7.62. The van der Waals surface area contributed by atoms with Gasteiger partial charge in [-0.1, -0.05) is 23.4 Å². The van der Waals surface area contributed by atoms with Gasteiger partial charge in [-0.05, 0) is 68.7 Å². The van der Waals surface area contributed by atoms with Crippen LogP contribution in [0.2, 0.25) is 0 Å². The lowest BCUT2D eigenvalue weighted by Crippen LogP contribution is -2.15. The van der Waals surface area contributed by atoms with Crippen molar-refractivity contribution in [2.24, 2.45) is 5.18 Å². The first-order valence-corrected chi connectivity index (χ1v) is 9.74. The molecule has 0 saturated heterocycles. The van der Waals surface area contributed by atoms with E-state index in [2.05, 4.69) is 53.6 Å². The van der Waals surface area contributed by atoms with Crippen LogP contribution in [0.15, 0.2) is 54.1 Å². The lowest BCUT2D eigenvalue weighted by Gasteiger charge is -2.08. The standard InChI is InChI=1S/C22H25N5O/c1-26(2)12-3-13-27-15-20(22(24-27)16-8-10-23-11-9-16)18-4-6-19-17(14-18)5-7-21(19)25-28/h4,6,8-11,14-15,21H,3,5,7,12-13H2,1-2H3. The van der Waals surface area contributed by atoms with Crippen molar-refractivity contribution in [3.63, 3.8) is 0 Å². The molecule has 0 radical (unpaired) electrons. The molecule has 1 aromatic carbocycles. The normalized spacial score (nSPS) is 15.8. The van der Waals surface area contributed by atoms with Gasteiger partial charge in [-0.25, -0.2) is 0 Å². The summed E-state index contributed by atoms with van der Waals surface area (Å²) in [4.78, 5) is 17.4.